The van der Waals surface area contributed by atoms with Crippen LogP contribution in [-0.4, -0.2) is 5.11 Å². The van der Waals surface area contributed by atoms with Crippen LogP contribution < -0.4 is 0 Å². The Morgan fingerprint density at radius 3 is 1.92 bits per heavy atom. The zero-order chi connectivity index (χ0) is 10.1. The summed E-state index contributed by atoms with van der Waals surface area (Å²) in [6.07, 6.45) is -4.35. The second kappa shape index (κ2) is 3.55. The molecular weight excluding hydrogens is 205 g/mol. The molecule has 0 spiro atoms. The van der Waals surface area contributed by atoms with Gasteiger partial charge in [0.1, 0.15) is 0 Å². The number of hydrogen-bond donors (Lipinski definition) is 1. The predicted octanol–water partition coefficient (Wildman–Crippen LogP) is 2.94. The van der Waals surface area contributed by atoms with Crippen LogP contribution in [-0.2, 0) is 6.18 Å². The van der Waals surface area contributed by atoms with Gasteiger partial charge in [0.05, 0.1) is 5.56 Å². The molecule has 1 nitrogen and oxygen atoms in total. The van der Waals surface area contributed by atoms with Crippen molar-refractivity contribution in [3.63, 3.8) is 0 Å². The molecular formula is C8H6ClF3O. The van der Waals surface area contributed by atoms with Crippen molar-refractivity contribution in [2.45, 2.75) is 11.7 Å². The maximum atomic E-state index is 12.0. The fourth-order valence-electron chi connectivity index (χ4n) is 0.831. The first-order valence-electron chi connectivity index (χ1n) is 3.40. The van der Waals surface area contributed by atoms with E-state index in [0.717, 1.165) is 24.3 Å². The maximum Gasteiger partial charge on any atom is 0.416 e. The first-order valence-corrected chi connectivity index (χ1v) is 3.84. The number of alkyl halides is 4. The van der Waals surface area contributed by atoms with Crippen LogP contribution in [0, 0.1) is 0 Å². The fourth-order valence-corrected chi connectivity index (χ4v) is 0.976. The molecule has 0 aromatic heterocycles. The molecule has 0 radical (unpaired) electrons. The van der Waals surface area contributed by atoms with E-state index in [2.05, 4.69) is 0 Å². The summed E-state index contributed by atoms with van der Waals surface area (Å²) in [5.74, 6) is 0. The molecule has 0 fully saturated rings. The van der Waals surface area contributed by atoms with Crippen LogP contribution in [0.4, 0.5) is 13.2 Å². The monoisotopic (exact) mass is 210 g/mol. The molecule has 5 heteroatoms. The van der Waals surface area contributed by atoms with Gasteiger partial charge in [0.25, 0.3) is 0 Å². The Labute approximate surface area is 77.8 Å². The van der Waals surface area contributed by atoms with E-state index in [4.69, 9.17) is 16.7 Å². The molecule has 1 N–H and O–H groups in total. The van der Waals surface area contributed by atoms with Gasteiger partial charge in [0.2, 0.25) is 0 Å². The summed E-state index contributed by atoms with van der Waals surface area (Å²) in [6, 6.07) is 4.03. The molecule has 13 heavy (non-hydrogen) atoms. The molecule has 1 aromatic carbocycles. The van der Waals surface area contributed by atoms with Gasteiger partial charge in [-0.1, -0.05) is 23.7 Å². The summed E-state index contributed by atoms with van der Waals surface area (Å²) in [5, 5.41) is 8.80. The number of halogens is 4. The first-order chi connectivity index (χ1) is 5.91. The van der Waals surface area contributed by atoms with E-state index in [0.29, 0.717) is 0 Å². The predicted molar refractivity (Wildman–Crippen MR) is 42.3 cm³/mol. The van der Waals surface area contributed by atoms with E-state index < -0.39 is 17.3 Å². The van der Waals surface area contributed by atoms with E-state index >= 15 is 0 Å². The maximum absolute atomic E-state index is 12.0. The molecule has 1 rings (SSSR count). The molecule has 0 saturated heterocycles. The second-order valence-electron chi connectivity index (χ2n) is 2.46. The van der Waals surface area contributed by atoms with Crippen molar-refractivity contribution in [2.24, 2.45) is 0 Å². The lowest BCUT2D eigenvalue weighted by atomic mass is 10.1. The fraction of sp³-hybridized carbons (Fsp3) is 0.250. The van der Waals surface area contributed by atoms with Gasteiger partial charge >= 0.3 is 6.18 Å². The number of hydrogen-bond acceptors (Lipinski definition) is 1. The number of rotatable bonds is 1. The molecule has 1 aromatic rings. The summed E-state index contributed by atoms with van der Waals surface area (Å²) in [6.45, 7) is 0. The minimum absolute atomic E-state index is 0.245. The van der Waals surface area contributed by atoms with Crippen LogP contribution >= 0.6 is 11.6 Å². The van der Waals surface area contributed by atoms with E-state index in [9.17, 15) is 13.2 Å². The highest BCUT2D eigenvalue weighted by Gasteiger charge is 2.30. The standard InChI is InChI=1S/C8H6ClF3O/c9-7(13)5-1-3-6(4-2-5)8(10,11)12/h1-4,7,13H. The molecule has 0 bridgehead atoms. The molecule has 0 aliphatic carbocycles. The van der Waals surface area contributed by atoms with Gasteiger partial charge in [-0.25, -0.2) is 0 Å². The molecule has 1 unspecified atom stereocenters. The highest BCUT2D eigenvalue weighted by molar-refractivity contribution is 6.19. The van der Waals surface area contributed by atoms with Gasteiger partial charge in [-0.15, -0.1) is 0 Å². The van der Waals surface area contributed by atoms with Crippen LogP contribution in [0.3, 0.4) is 0 Å². The number of aliphatic hydroxyl groups excluding tert-OH is 1. The average molecular weight is 211 g/mol. The summed E-state index contributed by atoms with van der Waals surface area (Å²) in [4.78, 5) is 0. The van der Waals surface area contributed by atoms with Crippen molar-refractivity contribution >= 4 is 11.6 Å². The number of benzene rings is 1. The molecule has 1 atom stereocenters. The first kappa shape index (κ1) is 10.3. The van der Waals surface area contributed by atoms with Gasteiger partial charge in [-0.2, -0.15) is 13.2 Å². The van der Waals surface area contributed by atoms with Crippen LogP contribution in [0.15, 0.2) is 24.3 Å². The minimum Gasteiger partial charge on any atom is -0.373 e. The van der Waals surface area contributed by atoms with Gasteiger partial charge in [-0.05, 0) is 17.7 Å². The van der Waals surface area contributed by atoms with E-state index in [1.54, 1.807) is 0 Å². The molecule has 0 aliphatic rings. The van der Waals surface area contributed by atoms with E-state index in [1.165, 1.54) is 0 Å². The van der Waals surface area contributed by atoms with Crippen molar-refractivity contribution in [3.05, 3.63) is 35.4 Å². The lowest BCUT2D eigenvalue weighted by Crippen LogP contribution is -2.04. The van der Waals surface area contributed by atoms with Crippen molar-refractivity contribution in [1.29, 1.82) is 0 Å². The highest BCUT2D eigenvalue weighted by Crippen LogP contribution is 2.30. The molecule has 0 aliphatic heterocycles. The lowest BCUT2D eigenvalue weighted by Gasteiger charge is -2.07. The van der Waals surface area contributed by atoms with Crippen LogP contribution in [0.1, 0.15) is 16.7 Å². The summed E-state index contributed by atoms with van der Waals surface area (Å²) in [5.41, 5.74) is -1.77. The van der Waals surface area contributed by atoms with E-state index in [1.807, 2.05) is 0 Å². The lowest BCUT2D eigenvalue weighted by molar-refractivity contribution is -0.137. The topological polar surface area (TPSA) is 20.2 Å². The van der Waals surface area contributed by atoms with Crippen molar-refractivity contribution in [3.8, 4) is 0 Å². The van der Waals surface area contributed by atoms with E-state index in [-0.39, 0.29) is 5.56 Å². The molecule has 0 saturated carbocycles. The second-order valence-corrected chi connectivity index (χ2v) is 2.87. The SMILES string of the molecule is OC(Cl)c1ccc(C(F)(F)F)cc1. The van der Waals surface area contributed by atoms with Crippen LogP contribution in [0.2, 0.25) is 0 Å². The zero-order valence-electron chi connectivity index (χ0n) is 6.35. The summed E-state index contributed by atoms with van der Waals surface area (Å²) >= 11 is 5.24. The molecule has 72 valence electrons. The Bertz CT molecular complexity index is 278. The molecule has 0 amide bonds. The van der Waals surface area contributed by atoms with Crippen LogP contribution in [0.5, 0.6) is 0 Å². The quantitative estimate of drug-likeness (QED) is 0.707. The normalized spacial score (nSPS) is 14.2. The largest absolute Gasteiger partial charge is 0.416 e. The van der Waals surface area contributed by atoms with Crippen LogP contribution in [0.25, 0.3) is 0 Å². The van der Waals surface area contributed by atoms with Crippen molar-refractivity contribution < 1.29 is 18.3 Å². The Balaban J connectivity index is 2.94. The smallest absolute Gasteiger partial charge is 0.373 e. The van der Waals surface area contributed by atoms with Gasteiger partial charge in [0, 0.05) is 0 Å². The highest BCUT2D eigenvalue weighted by atomic mass is 35.5. The third kappa shape index (κ3) is 2.60. The Kier molecular flexibility index (Phi) is 2.83. The average Bonchev–Trinajstić information content (AvgIpc) is 2.03. The van der Waals surface area contributed by atoms with Gasteiger partial charge in [0.15, 0.2) is 5.56 Å². The van der Waals surface area contributed by atoms with Crippen molar-refractivity contribution in [1.82, 2.24) is 0 Å². The minimum atomic E-state index is -4.35. The Morgan fingerprint density at radius 1 is 1.15 bits per heavy atom. The van der Waals surface area contributed by atoms with Crippen molar-refractivity contribution in [2.75, 3.05) is 0 Å². The van der Waals surface area contributed by atoms with Gasteiger partial charge < -0.3 is 5.11 Å². The third-order valence-electron chi connectivity index (χ3n) is 1.51. The Hall–Kier alpha value is -0.740. The van der Waals surface area contributed by atoms with Gasteiger partial charge in [-0.3, -0.25) is 0 Å². The Morgan fingerprint density at radius 2 is 1.62 bits per heavy atom. The third-order valence-corrected chi connectivity index (χ3v) is 1.77. The summed E-state index contributed by atoms with van der Waals surface area (Å²) < 4.78 is 36.1. The zero-order valence-corrected chi connectivity index (χ0v) is 7.10. The number of aliphatic hydroxyl groups is 1. The summed E-state index contributed by atoms with van der Waals surface area (Å²) in [7, 11) is 0. The molecule has 0 heterocycles.